The van der Waals surface area contributed by atoms with Gasteiger partial charge in [-0.3, -0.25) is 4.90 Å². The molecule has 1 saturated heterocycles. The normalized spacial score (nSPS) is 16.5. The van der Waals surface area contributed by atoms with E-state index in [1.54, 1.807) is 24.3 Å². The number of aryl methyl sites for hydroxylation is 1. The number of nitrogens with zero attached hydrogens (tertiary/aromatic N) is 4. The van der Waals surface area contributed by atoms with E-state index in [0.29, 0.717) is 37.0 Å². The lowest BCUT2D eigenvalue weighted by Gasteiger charge is -2.33. The molecule has 0 unspecified atom stereocenters. The maximum absolute atomic E-state index is 12.8. The third kappa shape index (κ3) is 3.81. The quantitative estimate of drug-likeness (QED) is 0.626. The fraction of sp³-hybridized carbons (Fsp3) is 0.333. The molecule has 28 heavy (non-hydrogen) atoms. The molecule has 0 bridgehead atoms. The molecule has 0 spiro atoms. The van der Waals surface area contributed by atoms with Gasteiger partial charge in [0.2, 0.25) is 10.0 Å². The van der Waals surface area contributed by atoms with Crippen molar-refractivity contribution in [3.05, 3.63) is 57.9 Å². The van der Waals surface area contributed by atoms with Gasteiger partial charge in [-0.05, 0) is 30.5 Å². The van der Waals surface area contributed by atoms with Crippen LogP contribution in [0.3, 0.4) is 0 Å². The van der Waals surface area contributed by atoms with Crippen LogP contribution in [0.1, 0.15) is 5.56 Å². The van der Waals surface area contributed by atoms with Gasteiger partial charge in [0.15, 0.2) is 0 Å². The summed E-state index contributed by atoms with van der Waals surface area (Å²) in [4.78, 5) is 15.1. The zero-order valence-corrected chi connectivity index (χ0v) is 16.9. The zero-order chi connectivity index (χ0) is 19.7. The Bertz CT molecular complexity index is 1090. The van der Waals surface area contributed by atoms with E-state index < -0.39 is 15.8 Å². The van der Waals surface area contributed by atoms with Crippen LogP contribution in [-0.2, 0) is 16.7 Å². The number of benzene rings is 1. The van der Waals surface area contributed by atoms with Gasteiger partial charge in [0.1, 0.15) is 6.67 Å². The van der Waals surface area contributed by atoms with E-state index in [2.05, 4.69) is 5.10 Å². The number of piperazine rings is 1. The lowest BCUT2D eigenvalue weighted by atomic mass is 10.2. The van der Waals surface area contributed by atoms with E-state index in [9.17, 15) is 13.2 Å². The number of aromatic nitrogens is 2. The average Bonchev–Trinajstić information content (AvgIpc) is 3.33. The Balaban J connectivity index is 1.41. The molecule has 3 heterocycles. The number of rotatable bonds is 5. The highest BCUT2D eigenvalue weighted by atomic mass is 32.2. The van der Waals surface area contributed by atoms with Crippen molar-refractivity contribution >= 4 is 21.4 Å². The Hall–Kier alpha value is -2.27. The molecule has 0 atom stereocenters. The summed E-state index contributed by atoms with van der Waals surface area (Å²) in [6.07, 6.45) is 0. The smallest absolute Gasteiger partial charge is 0.387 e. The van der Waals surface area contributed by atoms with Gasteiger partial charge in [0, 0.05) is 26.2 Å². The monoisotopic (exact) mass is 420 g/mol. The molecule has 0 aliphatic carbocycles. The van der Waals surface area contributed by atoms with Crippen LogP contribution in [0.15, 0.2) is 55.9 Å². The van der Waals surface area contributed by atoms with Gasteiger partial charge in [-0.1, -0.05) is 23.8 Å². The first-order valence-corrected chi connectivity index (χ1v) is 11.2. The maximum atomic E-state index is 12.8. The highest BCUT2D eigenvalue weighted by molar-refractivity contribution is 7.89. The fourth-order valence-corrected chi connectivity index (χ4v) is 5.12. The fourth-order valence-electron chi connectivity index (χ4n) is 3.06. The van der Waals surface area contributed by atoms with Gasteiger partial charge in [0.05, 0.1) is 9.77 Å². The first-order chi connectivity index (χ1) is 13.4. The largest absolute Gasteiger partial charge is 0.438 e. The first-order valence-electron chi connectivity index (χ1n) is 8.84. The molecule has 3 aromatic rings. The zero-order valence-electron chi connectivity index (χ0n) is 15.3. The summed E-state index contributed by atoms with van der Waals surface area (Å²) in [7, 11) is -3.50. The molecule has 2 aromatic heterocycles. The summed E-state index contributed by atoms with van der Waals surface area (Å²) in [5, 5.41) is 6.14. The van der Waals surface area contributed by atoms with Crippen LogP contribution in [-0.4, -0.2) is 53.6 Å². The predicted octanol–water partition coefficient (Wildman–Crippen LogP) is 1.84. The molecule has 0 radical (unpaired) electrons. The number of hydrogen-bond acceptors (Lipinski definition) is 7. The van der Waals surface area contributed by atoms with E-state index in [-0.39, 0.29) is 6.67 Å². The molecular formula is C18H20N4O4S2. The summed E-state index contributed by atoms with van der Waals surface area (Å²) in [5.41, 5.74) is 1.02. The molecular weight excluding hydrogens is 400 g/mol. The third-order valence-corrected chi connectivity index (χ3v) is 7.43. The van der Waals surface area contributed by atoms with Crippen molar-refractivity contribution in [2.75, 3.05) is 26.2 Å². The topological polar surface area (TPSA) is 88.7 Å². The van der Waals surface area contributed by atoms with E-state index in [1.807, 2.05) is 29.3 Å². The summed E-state index contributed by atoms with van der Waals surface area (Å²) in [6, 6.07) is 10.6. The van der Waals surface area contributed by atoms with Crippen LogP contribution in [0.2, 0.25) is 0 Å². The molecule has 0 amide bonds. The minimum atomic E-state index is -3.50. The number of sulfonamides is 1. The Morgan fingerprint density at radius 2 is 1.82 bits per heavy atom. The van der Waals surface area contributed by atoms with Crippen LogP contribution in [0.5, 0.6) is 0 Å². The lowest BCUT2D eigenvalue weighted by molar-refractivity contribution is 0.142. The van der Waals surface area contributed by atoms with Gasteiger partial charge in [-0.15, -0.1) is 16.4 Å². The minimum absolute atomic E-state index is 0.270. The highest BCUT2D eigenvalue weighted by Gasteiger charge is 2.29. The average molecular weight is 421 g/mol. The Labute approximate surface area is 166 Å². The number of hydrogen-bond donors (Lipinski definition) is 0. The second kappa shape index (κ2) is 7.63. The van der Waals surface area contributed by atoms with Crippen LogP contribution in [0.4, 0.5) is 0 Å². The molecule has 148 valence electrons. The van der Waals surface area contributed by atoms with E-state index in [1.165, 1.54) is 20.3 Å². The SMILES string of the molecule is Cc1ccc(S(=O)(=O)N2CCN(Cn3nc(-c4cccs4)oc3=O)CC2)cc1. The van der Waals surface area contributed by atoms with Crippen LogP contribution < -0.4 is 5.76 Å². The van der Waals surface area contributed by atoms with Crippen LogP contribution in [0, 0.1) is 6.92 Å². The van der Waals surface area contributed by atoms with Crippen molar-refractivity contribution in [3.63, 3.8) is 0 Å². The second-order valence-corrected chi connectivity index (χ2v) is 9.51. The van der Waals surface area contributed by atoms with Gasteiger partial charge < -0.3 is 4.42 Å². The molecule has 1 aromatic carbocycles. The van der Waals surface area contributed by atoms with Gasteiger partial charge in [-0.2, -0.15) is 8.99 Å². The van der Waals surface area contributed by atoms with Crippen LogP contribution >= 0.6 is 11.3 Å². The molecule has 8 nitrogen and oxygen atoms in total. The summed E-state index contributed by atoms with van der Waals surface area (Å²) < 4.78 is 33.5. The van der Waals surface area contributed by atoms with E-state index in [0.717, 1.165) is 10.4 Å². The molecule has 10 heteroatoms. The summed E-state index contributed by atoms with van der Waals surface area (Å²) in [6.45, 7) is 3.94. The standard InChI is InChI=1S/C18H20N4O4S2/c1-14-4-6-15(7-5-14)28(24,25)21-10-8-20(9-11-21)13-22-18(23)26-17(19-22)16-3-2-12-27-16/h2-7,12H,8-11,13H2,1H3. The van der Waals surface area contributed by atoms with Crippen molar-refractivity contribution in [1.29, 1.82) is 0 Å². The first kappa shape index (κ1) is 19.1. The van der Waals surface area contributed by atoms with Crippen molar-refractivity contribution in [2.24, 2.45) is 0 Å². The molecule has 0 N–H and O–H groups in total. The van der Waals surface area contributed by atoms with Crippen molar-refractivity contribution in [2.45, 2.75) is 18.5 Å². The second-order valence-electron chi connectivity index (χ2n) is 6.63. The summed E-state index contributed by atoms with van der Waals surface area (Å²) >= 11 is 1.45. The molecule has 1 aliphatic heterocycles. The Morgan fingerprint density at radius 1 is 1.11 bits per heavy atom. The van der Waals surface area contributed by atoms with Crippen LogP contribution in [0.25, 0.3) is 10.8 Å². The van der Waals surface area contributed by atoms with Crippen molar-refractivity contribution < 1.29 is 12.8 Å². The Morgan fingerprint density at radius 3 is 2.46 bits per heavy atom. The highest BCUT2D eigenvalue weighted by Crippen LogP contribution is 2.21. The maximum Gasteiger partial charge on any atom is 0.438 e. The third-order valence-electron chi connectivity index (χ3n) is 4.66. The minimum Gasteiger partial charge on any atom is -0.387 e. The Kier molecular flexibility index (Phi) is 5.19. The van der Waals surface area contributed by atoms with Gasteiger partial charge >= 0.3 is 5.76 Å². The van der Waals surface area contributed by atoms with Gasteiger partial charge in [-0.25, -0.2) is 13.2 Å². The van der Waals surface area contributed by atoms with Crippen molar-refractivity contribution in [3.8, 4) is 10.8 Å². The van der Waals surface area contributed by atoms with Gasteiger partial charge in [0.25, 0.3) is 5.89 Å². The number of thiophene rings is 1. The molecule has 1 aliphatic rings. The molecule has 1 fully saturated rings. The van der Waals surface area contributed by atoms with E-state index >= 15 is 0 Å². The molecule has 0 saturated carbocycles. The molecule has 4 rings (SSSR count). The summed E-state index contributed by atoms with van der Waals surface area (Å²) in [5.74, 6) is -0.210. The lowest BCUT2D eigenvalue weighted by Crippen LogP contribution is -2.49. The van der Waals surface area contributed by atoms with E-state index in [4.69, 9.17) is 4.42 Å². The predicted molar refractivity (Wildman–Crippen MR) is 106 cm³/mol. The van der Waals surface area contributed by atoms with Crippen molar-refractivity contribution in [1.82, 2.24) is 19.0 Å².